The van der Waals surface area contributed by atoms with Crippen LogP contribution in [0.1, 0.15) is 38.1 Å². The van der Waals surface area contributed by atoms with Crippen molar-refractivity contribution in [2.24, 2.45) is 4.99 Å². The maximum absolute atomic E-state index is 4.55. The third-order valence-corrected chi connectivity index (χ3v) is 3.52. The maximum Gasteiger partial charge on any atom is 0.191 e. The highest BCUT2D eigenvalue weighted by atomic mass is 127. The standard InChI is InChI=1S/C14H23N3S.HI/c1-4-6-7-10-16-14(15-5-2)17-12(3)13-9-8-11-18-13;/h4,6,8-9,11-12H,5,7,10H2,1-3H3,(H2,15,16,17);1H/b6-4+;. The van der Waals surface area contributed by atoms with Crippen LogP contribution >= 0.6 is 35.3 Å². The van der Waals surface area contributed by atoms with E-state index in [-0.39, 0.29) is 24.0 Å². The second-order valence-corrected chi connectivity index (χ2v) is 4.98. The highest BCUT2D eigenvalue weighted by Gasteiger charge is 2.07. The summed E-state index contributed by atoms with van der Waals surface area (Å²) in [7, 11) is 0. The second-order valence-electron chi connectivity index (χ2n) is 4.00. The molecule has 1 aromatic rings. The SMILES string of the molecule is C/C=C/CCN=C(NCC)NC(C)c1cccs1.I. The number of hydrogen-bond acceptors (Lipinski definition) is 2. The molecular formula is C14H24IN3S. The number of rotatable bonds is 6. The van der Waals surface area contributed by atoms with Crippen LogP contribution < -0.4 is 10.6 Å². The molecule has 1 atom stereocenters. The molecule has 0 saturated carbocycles. The molecule has 1 aromatic heterocycles. The molecule has 0 amide bonds. The molecule has 0 aliphatic carbocycles. The van der Waals surface area contributed by atoms with E-state index in [4.69, 9.17) is 0 Å². The van der Waals surface area contributed by atoms with Crippen molar-refractivity contribution in [1.29, 1.82) is 0 Å². The number of halogens is 1. The van der Waals surface area contributed by atoms with Gasteiger partial charge in [-0.1, -0.05) is 18.2 Å². The van der Waals surface area contributed by atoms with Gasteiger partial charge in [0.15, 0.2) is 5.96 Å². The van der Waals surface area contributed by atoms with Crippen molar-refractivity contribution in [2.75, 3.05) is 13.1 Å². The molecular weight excluding hydrogens is 369 g/mol. The van der Waals surface area contributed by atoms with Gasteiger partial charge in [0.05, 0.1) is 6.04 Å². The molecule has 0 radical (unpaired) electrons. The quantitative estimate of drug-likeness (QED) is 0.253. The van der Waals surface area contributed by atoms with Gasteiger partial charge in [0.2, 0.25) is 0 Å². The van der Waals surface area contributed by atoms with Crippen LogP contribution in [0.5, 0.6) is 0 Å². The smallest absolute Gasteiger partial charge is 0.191 e. The summed E-state index contributed by atoms with van der Waals surface area (Å²) in [5.74, 6) is 0.892. The first-order valence-electron chi connectivity index (χ1n) is 6.47. The van der Waals surface area contributed by atoms with Gasteiger partial charge in [-0.15, -0.1) is 35.3 Å². The first kappa shape index (κ1) is 18.4. The summed E-state index contributed by atoms with van der Waals surface area (Å²) in [6.45, 7) is 7.97. The molecule has 1 heterocycles. The predicted molar refractivity (Wildman–Crippen MR) is 96.7 cm³/mol. The lowest BCUT2D eigenvalue weighted by atomic mass is 10.3. The number of allylic oxidation sites excluding steroid dienone is 1. The third kappa shape index (κ3) is 7.57. The monoisotopic (exact) mass is 393 g/mol. The molecule has 0 aromatic carbocycles. The number of guanidine groups is 1. The fourth-order valence-electron chi connectivity index (χ4n) is 1.55. The Hall–Kier alpha value is -0.560. The molecule has 1 rings (SSSR count). The zero-order chi connectivity index (χ0) is 13.2. The zero-order valence-corrected chi connectivity index (χ0v) is 15.0. The minimum Gasteiger partial charge on any atom is -0.357 e. The first-order chi connectivity index (χ1) is 8.77. The van der Waals surface area contributed by atoms with Gasteiger partial charge in [-0.2, -0.15) is 0 Å². The van der Waals surface area contributed by atoms with Gasteiger partial charge in [0.25, 0.3) is 0 Å². The van der Waals surface area contributed by atoms with Crippen LogP contribution in [0.3, 0.4) is 0 Å². The highest BCUT2D eigenvalue weighted by molar-refractivity contribution is 14.0. The van der Waals surface area contributed by atoms with Gasteiger partial charge in [-0.25, -0.2) is 0 Å². The van der Waals surface area contributed by atoms with Crippen LogP contribution in [0.4, 0.5) is 0 Å². The largest absolute Gasteiger partial charge is 0.357 e. The Balaban J connectivity index is 0.00000324. The fourth-order valence-corrected chi connectivity index (χ4v) is 2.29. The Bertz CT molecular complexity index is 374. The van der Waals surface area contributed by atoms with Gasteiger partial charge in [0.1, 0.15) is 0 Å². The van der Waals surface area contributed by atoms with Crippen LogP contribution in [-0.2, 0) is 0 Å². The minimum atomic E-state index is 0. The summed E-state index contributed by atoms with van der Waals surface area (Å²) in [5, 5.41) is 8.80. The second kappa shape index (κ2) is 11.3. The first-order valence-corrected chi connectivity index (χ1v) is 7.35. The Morgan fingerprint density at radius 1 is 1.53 bits per heavy atom. The molecule has 0 fully saturated rings. The van der Waals surface area contributed by atoms with Crippen LogP contribution in [0.15, 0.2) is 34.7 Å². The van der Waals surface area contributed by atoms with Crippen molar-refractivity contribution < 1.29 is 0 Å². The number of thiophene rings is 1. The number of nitrogens with one attached hydrogen (secondary N) is 2. The Morgan fingerprint density at radius 2 is 2.32 bits per heavy atom. The molecule has 0 bridgehead atoms. The van der Waals surface area contributed by atoms with Crippen molar-refractivity contribution in [3.05, 3.63) is 34.5 Å². The average Bonchev–Trinajstić information content (AvgIpc) is 2.88. The molecule has 3 nitrogen and oxygen atoms in total. The Labute approximate surface area is 137 Å². The molecule has 108 valence electrons. The molecule has 19 heavy (non-hydrogen) atoms. The molecule has 0 aliphatic heterocycles. The minimum absolute atomic E-state index is 0. The normalized spacial score (nSPS) is 13.1. The van der Waals surface area contributed by atoms with E-state index in [1.165, 1.54) is 4.88 Å². The van der Waals surface area contributed by atoms with Crippen LogP contribution in [0, 0.1) is 0 Å². The lowest BCUT2D eigenvalue weighted by Crippen LogP contribution is -2.38. The van der Waals surface area contributed by atoms with Crippen LogP contribution in [0.2, 0.25) is 0 Å². The van der Waals surface area contributed by atoms with Crippen LogP contribution in [0.25, 0.3) is 0 Å². The van der Waals surface area contributed by atoms with Crippen molar-refractivity contribution in [3.8, 4) is 0 Å². The van der Waals surface area contributed by atoms with Gasteiger partial charge >= 0.3 is 0 Å². The average molecular weight is 393 g/mol. The van der Waals surface area contributed by atoms with E-state index in [0.717, 1.165) is 25.5 Å². The van der Waals surface area contributed by atoms with Gasteiger partial charge in [-0.3, -0.25) is 4.99 Å². The van der Waals surface area contributed by atoms with E-state index in [0.29, 0.717) is 6.04 Å². The van der Waals surface area contributed by atoms with Gasteiger partial charge in [-0.05, 0) is 38.6 Å². The lowest BCUT2D eigenvalue weighted by molar-refractivity contribution is 0.698. The molecule has 0 spiro atoms. The molecule has 5 heteroatoms. The summed E-state index contributed by atoms with van der Waals surface area (Å²) < 4.78 is 0. The molecule has 0 aliphatic rings. The lowest BCUT2D eigenvalue weighted by Gasteiger charge is -2.16. The summed E-state index contributed by atoms with van der Waals surface area (Å²) in [6, 6.07) is 4.52. The Morgan fingerprint density at radius 3 is 2.89 bits per heavy atom. The molecule has 2 N–H and O–H groups in total. The van der Waals surface area contributed by atoms with Gasteiger partial charge < -0.3 is 10.6 Å². The van der Waals surface area contributed by atoms with Crippen LogP contribution in [-0.4, -0.2) is 19.0 Å². The summed E-state index contributed by atoms with van der Waals surface area (Å²) >= 11 is 1.77. The van der Waals surface area contributed by atoms with E-state index in [1.54, 1.807) is 11.3 Å². The van der Waals surface area contributed by atoms with E-state index in [9.17, 15) is 0 Å². The van der Waals surface area contributed by atoms with E-state index in [2.05, 4.69) is 59.1 Å². The highest BCUT2D eigenvalue weighted by Crippen LogP contribution is 2.17. The van der Waals surface area contributed by atoms with E-state index < -0.39 is 0 Å². The number of hydrogen-bond donors (Lipinski definition) is 2. The van der Waals surface area contributed by atoms with Crippen molar-refractivity contribution >= 4 is 41.3 Å². The van der Waals surface area contributed by atoms with Crippen molar-refractivity contribution in [1.82, 2.24) is 10.6 Å². The van der Waals surface area contributed by atoms with Gasteiger partial charge in [0, 0.05) is 18.0 Å². The third-order valence-electron chi connectivity index (χ3n) is 2.47. The maximum atomic E-state index is 4.55. The zero-order valence-electron chi connectivity index (χ0n) is 11.8. The number of nitrogens with zero attached hydrogens (tertiary/aromatic N) is 1. The molecule has 0 saturated heterocycles. The Kier molecular flexibility index (Phi) is 10.9. The predicted octanol–water partition coefficient (Wildman–Crippen LogP) is 3.95. The fraction of sp³-hybridized carbons (Fsp3) is 0.500. The summed E-state index contributed by atoms with van der Waals surface area (Å²) in [4.78, 5) is 5.88. The van der Waals surface area contributed by atoms with E-state index in [1.807, 2.05) is 6.92 Å². The van der Waals surface area contributed by atoms with E-state index >= 15 is 0 Å². The summed E-state index contributed by atoms with van der Waals surface area (Å²) in [6.07, 6.45) is 5.18. The topological polar surface area (TPSA) is 36.4 Å². The molecule has 1 unspecified atom stereocenters. The van der Waals surface area contributed by atoms with Crippen molar-refractivity contribution in [3.63, 3.8) is 0 Å². The summed E-state index contributed by atoms with van der Waals surface area (Å²) in [5.41, 5.74) is 0. The number of aliphatic imine (C=N–C) groups is 1. The van der Waals surface area contributed by atoms with Crippen molar-refractivity contribution in [2.45, 2.75) is 33.2 Å².